The molecule has 0 bridgehead atoms. The molecule has 0 fully saturated rings. The highest BCUT2D eigenvalue weighted by molar-refractivity contribution is 7.81. The Hall–Kier alpha value is -3.05. The van der Waals surface area contributed by atoms with Gasteiger partial charge in [-0.1, -0.05) is 57.3 Å². The normalized spacial score (nSPS) is 12.3. The van der Waals surface area contributed by atoms with Crippen molar-refractivity contribution in [3.05, 3.63) is 95.1 Å². The predicted octanol–water partition coefficient (Wildman–Crippen LogP) is 5.15. The van der Waals surface area contributed by atoms with Crippen LogP contribution in [-0.2, 0) is 5.41 Å². The molecule has 3 nitrogen and oxygen atoms in total. The predicted molar refractivity (Wildman–Crippen MR) is 127 cm³/mol. The minimum absolute atomic E-state index is 0.0162. The van der Waals surface area contributed by atoms with Crippen LogP contribution in [0.25, 0.3) is 11.5 Å². The van der Waals surface area contributed by atoms with Crippen molar-refractivity contribution in [2.24, 2.45) is 0 Å². The minimum Gasteiger partial charge on any atom is -0.867 e. The zero-order valence-corrected chi connectivity index (χ0v) is 19.3. The number of nitrogens with zero attached hydrogens (tertiary/aromatic N) is 1. The highest BCUT2D eigenvalue weighted by atomic mass is 32.1. The lowest BCUT2D eigenvalue weighted by molar-refractivity contribution is -0.577. The summed E-state index contributed by atoms with van der Waals surface area (Å²) in [5, 5.41) is 16.6. The van der Waals surface area contributed by atoms with Gasteiger partial charge in [-0.2, -0.15) is 4.57 Å². The average molecular weight is 435 g/mol. The zero-order chi connectivity index (χ0) is 22.8. The maximum atomic E-state index is 13.4. The molecule has 0 aliphatic rings. The van der Waals surface area contributed by atoms with Gasteiger partial charge in [0.15, 0.2) is 17.4 Å². The summed E-state index contributed by atoms with van der Waals surface area (Å²) < 4.78 is 15.1. The van der Waals surface area contributed by atoms with Crippen LogP contribution in [0.4, 0.5) is 10.1 Å². The number of aryl methyl sites for hydroxylation is 2. The van der Waals surface area contributed by atoms with Crippen LogP contribution < -0.4 is 15.0 Å². The number of halogens is 1. The van der Waals surface area contributed by atoms with Crippen molar-refractivity contribution in [2.75, 3.05) is 5.32 Å². The lowest BCUT2D eigenvalue weighted by atomic mass is 9.88. The maximum Gasteiger partial charge on any atom is 0.238 e. The first kappa shape index (κ1) is 22.6. The molecule has 0 unspecified atom stereocenters. The van der Waals surface area contributed by atoms with E-state index in [0.29, 0.717) is 16.2 Å². The van der Waals surface area contributed by atoms with E-state index >= 15 is 0 Å². The number of thiocarbonyl (C=S) groups is 1. The quantitative estimate of drug-likeness (QED) is 0.267. The van der Waals surface area contributed by atoms with Gasteiger partial charge in [-0.3, -0.25) is 0 Å². The Morgan fingerprint density at radius 2 is 1.58 bits per heavy atom. The molecule has 0 amide bonds. The third-order valence-corrected chi connectivity index (χ3v) is 5.43. The molecule has 0 atom stereocenters. The van der Waals surface area contributed by atoms with Gasteiger partial charge < -0.3 is 10.4 Å². The zero-order valence-electron chi connectivity index (χ0n) is 18.5. The summed E-state index contributed by atoms with van der Waals surface area (Å²) in [7, 11) is 0. The SMILES string of the molecule is Cc1ccc(C)c(NC(=S)/C(=C(\[O-])c2ccc(F)cc2)[n+]2ccc(C(C)(C)C)cc2)c1. The summed E-state index contributed by atoms with van der Waals surface area (Å²) in [6, 6.07) is 15.5. The van der Waals surface area contributed by atoms with Gasteiger partial charge in [0, 0.05) is 17.8 Å². The number of hydrogen-bond donors (Lipinski definition) is 1. The van der Waals surface area contributed by atoms with Crippen LogP contribution in [0, 0.1) is 19.7 Å². The molecule has 2 aromatic carbocycles. The number of anilines is 1. The van der Waals surface area contributed by atoms with E-state index in [0.717, 1.165) is 22.4 Å². The van der Waals surface area contributed by atoms with Crippen molar-refractivity contribution in [3.8, 4) is 0 Å². The third kappa shape index (κ3) is 5.36. The summed E-state index contributed by atoms with van der Waals surface area (Å²) in [5.74, 6) is -0.673. The lowest BCUT2D eigenvalue weighted by Crippen LogP contribution is -2.40. The van der Waals surface area contributed by atoms with Crippen LogP contribution in [0.5, 0.6) is 0 Å². The van der Waals surface area contributed by atoms with Crippen molar-refractivity contribution in [1.29, 1.82) is 0 Å². The second kappa shape index (κ2) is 8.98. The number of rotatable bonds is 4. The standard InChI is InChI=1S/C26H27FN2OS/c1-17-6-7-18(2)22(16-17)28-25(31)23(24(30)19-8-10-21(27)11-9-19)29-14-12-20(13-15-29)26(3,4)5/h6-16H,1-5H3,(H-,28,30,31). The molecule has 1 N–H and O–H groups in total. The van der Waals surface area contributed by atoms with Crippen molar-refractivity contribution in [1.82, 2.24) is 0 Å². The summed E-state index contributed by atoms with van der Waals surface area (Å²) >= 11 is 5.69. The largest absolute Gasteiger partial charge is 0.867 e. The van der Waals surface area contributed by atoms with Crippen molar-refractivity contribution < 1.29 is 14.1 Å². The highest BCUT2D eigenvalue weighted by Crippen LogP contribution is 2.23. The lowest BCUT2D eigenvalue weighted by Gasteiger charge is -2.20. The molecule has 0 saturated heterocycles. The topological polar surface area (TPSA) is 39.0 Å². The molecule has 1 aromatic heterocycles. The number of benzene rings is 2. The first-order valence-corrected chi connectivity index (χ1v) is 10.5. The molecule has 0 spiro atoms. The second-order valence-corrected chi connectivity index (χ2v) is 9.11. The second-order valence-electron chi connectivity index (χ2n) is 8.70. The smallest absolute Gasteiger partial charge is 0.238 e. The number of aromatic nitrogens is 1. The Balaban J connectivity index is 2.10. The Morgan fingerprint density at radius 3 is 2.16 bits per heavy atom. The molecule has 1 heterocycles. The monoisotopic (exact) mass is 434 g/mol. The van der Waals surface area contributed by atoms with Crippen LogP contribution in [0.1, 0.15) is 43.0 Å². The summed E-state index contributed by atoms with van der Waals surface area (Å²) in [5.41, 5.74) is 4.76. The minimum atomic E-state index is -0.392. The van der Waals surface area contributed by atoms with Crippen molar-refractivity contribution in [2.45, 2.75) is 40.0 Å². The van der Waals surface area contributed by atoms with Gasteiger partial charge >= 0.3 is 0 Å². The molecule has 3 rings (SSSR count). The van der Waals surface area contributed by atoms with Crippen LogP contribution in [-0.4, -0.2) is 4.99 Å². The van der Waals surface area contributed by atoms with Gasteiger partial charge in [-0.05, 0) is 65.5 Å². The third-order valence-electron chi connectivity index (χ3n) is 5.13. The van der Waals surface area contributed by atoms with E-state index in [1.165, 1.54) is 24.3 Å². The fourth-order valence-electron chi connectivity index (χ4n) is 3.20. The Bertz CT molecular complexity index is 1130. The van der Waals surface area contributed by atoms with Crippen LogP contribution >= 0.6 is 12.2 Å². The highest BCUT2D eigenvalue weighted by Gasteiger charge is 2.21. The summed E-state index contributed by atoms with van der Waals surface area (Å²) in [6.07, 6.45) is 3.68. The van der Waals surface area contributed by atoms with E-state index in [1.807, 2.05) is 56.6 Å². The fourth-order valence-corrected chi connectivity index (χ4v) is 3.51. The molecule has 0 radical (unpaired) electrons. The van der Waals surface area contributed by atoms with Crippen LogP contribution in [0.15, 0.2) is 67.0 Å². The van der Waals surface area contributed by atoms with Crippen LogP contribution in [0.2, 0.25) is 0 Å². The molecule has 5 heteroatoms. The molecular formula is C26H27FN2OS. The maximum absolute atomic E-state index is 13.4. The van der Waals surface area contributed by atoms with Gasteiger partial charge in [-0.15, -0.1) is 0 Å². The Labute approximate surface area is 188 Å². The van der Waals surface area contributed by atoms with Gasteiger partial charge in [0.25, 0.3) is 0 Å². The molecular weight excluding hydrogens is 407 g/mol. The van der Waals surface area contributed by atoms with Gasteiger partial charge in [0.05, 0.1) is 0 Å². The van der Waals surface area contributed by atoms with E-state index in [2.05, 4.69) is 26.1 Å². The number of pyridine rings is 1. The Morgan fingerprint density at radius 1 is 0.968 bits per heavy atom. The van der Waals surface area contributed by atoms with Crippen molar-refractivity contribution >= 4 is 34.3 Å². The van der Waals surface area contributed by atoms with Gasteiger partial charge in [0.2, 0.25) is 5.70 Å². The van der Waals surface area contributed by atoms with E-state index in [1.54, 1.807) is 4.57 Å². The first-order chi connectivity index (χ1) is 14.6. The van der Waals surface area contributed by atoms with Crippen molar-refractivity contribution in [3.63, 3.8) is 0 Å². The molecule has 0 aliphatic heterocycles. The number of nitrogens with one attached hydrogen (secondary N) is 1. The van der Waals surface area contributed by atoms with E-state index in [-0.39, 0.29) is 11.2 Å². The van der Waals surface area contributed by atoms with Gasteiger partial charge in [-0.25, -0.2) is 4.39 Å². The Kier molecular flexibility index (Phi) is 6.56. The summed E-state index contributed by atoms with van der Waals surface area (Å²) in [4.78, 5) is 0.302. The van der Waals surface area contributed by atoms with E-state index in [9.17, 15) is 9.50 Å². The van der Waals surface area contributed by atoms with E-state index in [4.69, 9.17) is 12.2 Å². The number of hydrogen-bond acceptors (Lipinski definition) is 2. The van der Waals surface area contributed by atoms with Gasteiger partial charge in [0.1, 0.15) is 5.82 Å². The molecule has 3 aromatic rings. The van der Waals surface area contributed by atoms with E-state index < -0.39 is 5.82 Å². The molecule has 160 valence electrons. The molecule has 0 saturated carbocycles. The molecule has 31 heavy (non-hydrogen) atoms. The van der Waals surface area contributed by atoms with Crippen LogP contribution in [0.3, 0.4) is 0 Å². The average Bonchev–Trinajstić information content (AvgIpc) is 2.71. The summed E-state index contributed by atoms with van der Waals surface area (Å²) in [6.45, 7) is 10.4. The molecule has 0 aliphatic carbocycles. The fraction of sp³-hybridized carbons (Fsp3) is 0.231. The first-order valence-electron chi connectivity index (χ1n) is 10.1.